The van der Waals surface area contributed by atoms with E-state index in [0.717, 1.165) is 31.7 Å². The summed E-state index contributed by atoms with van der Waals surface area (Å²) in [6, 6.07) is 3.68. The lowest BCUT2D eigenvalue weighted by molar-refractivity contribution is 0.368. The molecule has 1 saturated carbocycles. The normalized spacial score (nSPS) is 27.8. The SMILES string of the molecule is Cl.Fc1ccc2c3c1C1CCCCCC1CN3CCNC2. The number of halogens is 2. The maximum atomic E-state index is 14.6. The van der Waals surface area contributed by atoms with Gasteiger partial charge in [-0.3, -0.25) is 0 Å². The lowest BCUT2D eigenvalue weighted by atomic mass is 9.77. The fourth-order valence-corrected chi connectivity index (χ4v) is 4.49. The van der Waals surface area contributed by atoms with E-state index in [1.807, 2.05) is 6.07 Å². The summed E-state index contributed by atoms with van der Waals surface area (Å²) in [7, 11) is 0. The molecular formula is C17H24ClFN2. The Morgan fingerprint density at radius 2 is 2.00 bits per heavy atom. The molecule has 21 heavy (non-hydrogen) atoms. The van der Waals surface area contributed by atoms with Gasteiger partial charge in [0, 0.05) is 37.4 Å². The van der Waals surface area contributed by atoms with Gasteiger partial charge >= 0.3 is 0 Å². The van der Waals surface area contributed by atoms with Gasteiger partial charge in [0.15, 0.2) is 0 Å². The molecule has 2 aliphatic heterocycles. The van der Waals surface area contributed by atoms with Gasteiger partial charge in [-0.2, -0.15) is 0 Å². The molecule has 1 aromatic carbocycles. The molecule has 0 saturated heterocycles. The maximum Gasteiger partial charge on any atom is 0.128 e. The Hall–Kier alpha value is -0.800. The molecule has 1 N–H and O–H groups in total. The predicted molar refractivity (Wildman–Crippen MR) is 86.9 cm³/mol. The van der Waals surface area contributed by atoms with Gasteiger partial charge in [-0.25, -0.2) is 4.39 Å². The van der Waals surface area contributed by atoms with Crippen LogP contribution in [-0.2, 0) is 6.54 Å². The van der Waals surface area contributed by atoms with Crippen LogP contribution in [0.5, 0.6) is 0 Å². The van der Waals surface area contributed by atoms with Gasteiger partial charge in [-0.1, -0.05) is 25.3 Å². The van der Waals surface area contributed by atoms with Crippen molar-refractivity contribution >= 4 is 18.1 Å². The van der Waals surface area contributed by atoms with Crippen molar-refractivity contribution in [2.45, 2.75) is 44.6 Å². The van der Waals surface area contributed by atoms with Gasteiger partial charge in [0.25, 0.3) is 0 Å². The van der Waals surface area contributed by atoms with Crippen molar-refractivity contribution < 1.29 is 4.39 Å². The second-order valence-corrected chi connectivity index (χ2v) is 6.60. The number of fused-ring (bicyclic) bond motifs is 2. The molecule has 2 heterocycles. The third-order valence-corrected chi connectivity index (χ3v) is 5.42. The zero-order chi connectivity index (χ0) is 13.5. The monoisotopic (exact) mass is 310 g/mol. The van der Waals surface area contributed by atoms with E-state index in [-0.39, 0.29) is 18.2 Å². The first-order valence-corrected chi connectivity index (χ1v) is 8.11. The van der Waals surface area contributed by atoms with Crippen LogP contribution < -0.4 is 10.2 Å². The highest BCUT2D eigenvalue weighted by Gasteiger charge is 2.37. The van der Waals surface area contributed by atoms with Crippen LogP contribution in [0.2, 0.25) is 0 Å². The topological polar surface area (TPSA) is 15.3 Å². The van der Waals surface area contributed by atoms with Gasteiger partial charge in [0.2, 0.25) is 0 Å². The Morgan fingerprint density at radius 3 is 2.90 bits per heavy atom. The van der Waals surface area contributed by atoms with Crippen molar-refractivity contribution in [3.8, 4) is 0 Å². The van der Waals surface area contributed by atoms with E-state index in [2.05, 4.69) is 10.2 Å². The minimum atomic E-state index is 0. The zero-order valence-electron chi connectivity index (χ0n) is 12.4. The van der Waals surface area contributed by atoms with Crippen LogP contribution in [0, 0.1) is 11.7 Å². The Labute approximate surface area is 132 Å². The molecule has 2 nitrogen and oxygen atoms in total. The molecule has 2 atom stereocenters. The van der Waals surface area contributed by atoms with Gasteiger partial charge < -0.3 is 10.2 Å². The minimum Gasteiger partial charge on any atom is -0.369 e. The predicted octanol–water partition coefficient (Wildman–Crippen LogP) is 3.83. The van der Waals surface area contributed by atoms with Crippen molar-refractivity contribution in [2.75, 3.05) is 24.5 Å². The third kappa shape index (κ3) is 2.55. The Morgan fingerprint density at radius 1 is 1.14 bits per heavy atom. The summed E-state index contributed by atoms with van der Waals surface area (Å²) in [4.78, 5) is 2.46. The van der Waals surface area contributed by atoms with Gasteiger partial charge in [0.1, 0.15) is 5.82 Å². The molecule has 2 unspecified atom stereocenters. The Bertz CT molecular complexity index is 520. The first-order valence-electron chi connectivity index (χ1n) is 8.11. The van der Waals surface area contributed by atoms with Crippen molar-refractivity contribution in [1.29, 1.82) is 0 Å². The average Bonchev–Trinajstić information content (AvgIpc) is 2.80. The summed E-state index contributed by atoms with van der Waals surface area (Å²) >= 11 is 0. The standard InChI is InChI=1S/C17H23FN2.ClH/c18-15-7-6-12-10-19-8-9-20-11-13-4-2-1-3-5-14(13)16(15)17(12)20;/h6-7,13-14,19H,1-5,8-11H2;1H. The molecule has 0 spiro atoms. The molecule has 1 aliphatic carbocycles. The van der Waals surface area contributed by atoms with Crippen LogP contribution in [0.25, 0.3) is 0 Å². The number of anilines is 1. The largest absolute Gasteiger partial charge is 0.369 e. The van der Waals surface area contributed by atoms with Gasteiger partial charge in [-0.15, -0.1) is 12.4 Å². The molecule has 4 rings (SSSR count). The lowest BCUT2D eigenvalue weighted by Crippen LogP contribution is -2.40. The summed E-state index contributed by atoms with van der Waals surface area (Å²) in [6.45, 7) is 4.05. The van der Waals surface area contributed by atoms with E-state index < -0.39 is 0 Å². The quantitative estimate of drug-likeness (QED) is 0.783. The highest BCUT2D eigenvalue weighted by atomic mass is 35.5. The van der Waals surface area contributed by atoms with E-state index >= 15 is 0 Å². The molecule has 0 bridgehead atoms. The fraction of sp³-hybridized carbons (Fsp3) is 0.647. The van der Waals surface area contributed by atoms with E-state index in [4.69, 9.17) is 0 Å². The molecule has 4 heteroatoms. The first kappa shape index (κ1) is 15.1. The molecule has 116 valence electrons. The Balaban J connectivity index is 0.00000132. The number of nitrogens with one attached hydrogen (secondary N) is 1. The third-order valence-electron chi connectivity index (χ3n) is 5.42. The van der Waals surface area contributed by atoms with Crippen LogP contribution in [0.15, 0.2) is 12.1 Å². The van der Waals surface area contributed by atoms with Crippen molar-refractivity contribution in [3.05, 3.63) is 29.1 Å². The number of hydrogen-bond acceptors (Lipinski definition) is 2. The van der Waals surface area contributed by atoms with Crippen molar-refractivity contribution in [2.24, 2.45) is 5.92 Å². The second kappa shape index (κ2) is 6.13. The van der Waals surface area contributed by atoms with Crippen molar-refractivity contribution in [1.82, 2.24) is 5.32 Å². The second-order valence-electron chi connectivity index (χ2n) is 6.60. The number of hydrogen-bond donors (Lipinski definition) is 1. The van der Waals surface area contributed by atoms with Crippen LogP contribution >= 0.6 is 12.4 Å². The summed E-state index contributed by atoms with van der Waals surface area (Å²) in [5.74, 6) is 1.15. The molecule has 0 aromatic heterocycles. The van der Waals surface area contributed by atoms with E-state index in [9.17, 15) is 4.39 Å². The minimum absolute atomic E-state index is 0. The van der Waals surface area contributed by atoms with Crippen molar-refractivity contribution in [3.63, 3.8) is 0 Å². The molecular weight excluding hydrogens is 287 g/mol. The average molecular weight is 311 g/mol. The summed E-state index contributed by atoms with van der Waals surface area (Å²) < 4.78 is 14.6. The van der Waals surface area contributed by atoms with Crippen LogP contribution in [0.1, 0.15) is 49.1 Å². The van der Waals surface area contributed by atoms with Gasteiger partial charge in [0.05, 0.1) is 0 Å². The highest BCUT2D eigenvalue weighted by Crippen LogP contribution is 2.47. The van der Waals surface area contributed by atoms with E-state index in [0.29, 0.717) is 11.8 Å². The number of rotatable bonds is 0. The van der Waals surface area contributed by atoms with Crippen LogP contribution in [0.3, 0.4) is 0 Å². The van der Waals surface area contributed by atoms with E-state index in [1.165, 1.54) is 43.4 Å². The maximum absolute atomic E-state index is 14.6. The molecule has 0 radical (unpaired) electrons. The smallest absolute Gasteiger partial charge is 0.128 e. The fourth-order valence-electron chi connectivity index (χ4n) is 4.49. The summed E-state index contributed by atoms with van der Waals surface area (Å²) in [5.41, 5.74) is 3.57. The molecule has 0 amide bonds. The lowest BCUT2D eigenvalue weighted by Gasteiger charge is -2.41. The molecule has 1 fully saturated rings. The number of benzene rings is 1. The number of nitrogens with zero attached hydrogens (tertiary/aromatic N) is 1. The first-order chi connectivity index (χ1) is 9.84. The van der Waals surface area contributed by atoms with E-state index in [1.54, 1.807) is 6.07 Å². The zero-order valence-corrected chi connectivity index (χ0v) is 13.2. The summed E-state index contributed by atoms with van der Waals surface area (Å²) in [6.07, 6.45) is 6.37. The Kier molecular flexibility index (Phi) is 4.41. The molecule has 1 aromatic rings. The van der Waals surface area contributed by atoms with Crippen LogP contribution in [0.4, 0.5) is 10.1 Å². The van der Waals surface area contributed by atoms with Crippen LogP contribution in [-0.4, -0.2) is 19.6 Å². The summed E-state index contributed by atoms with van der Waals surface area (Å²) in [5, 5.41) is 3.47. The highest BCUT2D eigenvalue weighted by molar-refractivity contribution is 5.85. The molecule has 3 aliphatic rings. The van der Waals surface area contributed by atoms with Gasteiger partial charge in [-0.05, 0) is 36.3 Å².